The average Bonchev–Trinajstić information content (AvgIpc) is 2.48. The first-order valence-electron chi connectivity index (χ1n) is 6.81. The number of non-ortho nitro benzene ring substituents is 1. The van der Waals surface area contributed by atoms with Crippen LogP contribution in [0.5, 0.6) is 5.75 Å². The van der Waals surface area contributed by atoms with Crippen LogP contribution in [0.1, 0.15) is 18.1 Å². The molecular formula is C16H18N2O3. The maximum Gasteiger partial charge on any atom is 0.271 e. The van der Waals surface area contributed by atoms with Crippen LogP contribution in [-0.2, 0) is 6.54 Å². The number of aryl methyl sites for hydroxylation is 1. The van der Waals surface area contributed by atoms with Crippen LogP contribution < -0.4 is 10.1 Å². The summed E-state index contributed by atoms with van der Waals surface area (Å²) >= 11 is 0. The predicted octanol–water partition coefficient (Wildman–Crippen LogP) is 3.91. The molecule has 0 fully saturated rings. The van der Waals surface area contributed by atoms with E-state index in [-0.39, 0.29) is 10.6 Å². The van der Waals surface area contributed by atoms with Gasteiger partial charge < -0.3 is 10.1 Å². The lowest BCUT2D eigenvalue weighted by atomic mass is 10.1. The lowest BCUT2D eigenvalue weighted by molar-refractivity contribution is -0.384. The first-order valence-corrected chi connectivity index (χ1v) is 6.81. The molecule has 0 aliphatic carbocycles. The molecule has 0 atom stereocenters. The fourth-order valence-electron chi connectivity index (χ4n) is 1.98. The van der Waals surface area contributed by atoms with Crippen molar-refractivity contribution in [3.8, 4) is 5.75 Å². The summed E-state index contributed by atoms with van der Waals surface area (Å²) in [5.74, 6) is 0.841. The van der Waals surface area contributed by atoms with Crippen molar-refractivity contribution in [2.45, 2.75) is 20.4 Å². The Morgan fingerprint density at radius 1 is 1.19 bits per heavy atom. The molecule has 0 unspecified atom stereocenters. The minimum atomic E-state index is -0.387. The smallest absolute Gasteiger partial charge is 0.271 e. The summed E-state index contributed by atoms with van der Waals surface area (Å²) in [7, 11) is 0. The molecule has 0 aliphatic heterocycles. The standard InChI is InChI=1S/C16H18N2O3/c1-3-21-15-8-5-13(6-9-15)11-17-16-10-14(18(19)20)7-4-12(16)2/h4-10,17H,3,11H2,1-2H3. The molecule has 5 heteroatoms. The van der Waals surface area contributed by atoms with E-state index in [2.05, 4.69) is 5.32 Å². The molecule has 21 heavy (non-hydrogen) atoms. The number of ether oxygens (including phenoxy) is 1. The zero-order valence-corrected chi connectivity index (χ0v) is 12.1. The first-order chi connectivity index (χ1) is 10.1. The van der Waals surface area contributed by atoms with Crippen LogP contribution in [0.15, 0.2) is 42.5 Å². The number of hydrogen-bond donors (Lipinski definition) is 1. The van der Waals surface area contributed by atoms with E-state index in [1.807, 2.05) is 38.1 Å². The highest BCUT2D eigenvalue weighted by Crippen LogP contribution is 2.22. The molecule has 0 bridgehead atoms. The van der Waals surface area contributed by atoms with Crippen molar-refractivity contribution < 1.29 is 9.66 Å². The average molecular weight is 286 g/mol. The van der Waals surface area contributed by atoms with Crippen molar-refractivity contribution >= 4 is 11.4 Å². The fourth-order valence-corrected chi connectivity index (χ4v) is 1.98. The highest BCUT2D eigenvalue weighted by Gasteiger charge is 2.08. The van der Waals surface area contributed by atoms with Gasteiger partial charge >= 0.3 is 0 Å². The Labute approximate surface area is 123 Å². The molecule has 5 nitrogen and oxygen atoms in total. The topological polar surface area (TPSA) is 64.4 Å². The summed E-state index contributed by atoms with van der Waals surface area (Å²) in [6.07, 6.45) is 0. The second-order valence-corrected chi connectivity index (χ2v) is 4.69. The molecule has 2 aromatic carbocycles. The number of nitrogens with zero attached hydrogens (tertiary/aromatic N) is 1. The molecule has 0 saturated carbocycles. The molecule has 2 aromatic rings. The number of hydrogen-bond acceptors (Lipinski definition) is 4. The Morgan fingerprint density at radius 2 is 1.90 bits per heavy atom. The highest BCUT2D eigenvalue weighted by atomic mass is 16.6. The first kappa shape index (κ1) is 14.8. The second-order valence-electron chi connectivity index (χ2n) is 4.69. The Morgan fingerprint density at radius 3 is 2.52 bits per heavy atom. The number of benzene rings is 2. The highest BCUT2D eigenvalue weighted by molar-refractivity contribution is 5.57. The third-order valence-corrected chi connectivity index (χ3v) is 3.15. The summed E-state index contributed by atoms with van der Waals surface area (Å²) in [5, 5.41) is 14.0. The molecule has 0 amide bonds. The van der Waals surface area contributed by atoms with Crippen LogP contribution in [-0.4, -0.2) is 11.5 Å². The van der Waals surface area contributed by atoms with Crippen LogP contribution in [0.25, 0.3) is 0 Å². The van der Waals surface area contributed by atoms with Gasteiger partial charge in [-0.05, 0) is 37.1 Å². The minimum absolute atomic E-state index is 0.0924. The van der Waals surface area contributed by atoms with E-state index < -0.39 is 0 Å². The molecule has 0 aromatic heterocycles. The minimum Gasteiger partial charge on any atom is -0.494 e. The summed E-state index contributed by atoms with van der Waals surface area (Å²) in [6, 6.07) is 12.6. The number of nitrogens with one attached hydrogen (secondary N) is 1. The molecule has 1 N–H and O–H groups in total. The van der Waals surface area contributed by atoms with Gasteiger partial charge in [0.1, 0.15) is 5.75 Å². The predicted molar refractivity (Wildman–Crippen MR) is 82.8 cm³/mol. The molecule has 0 spiro atoms. The molecule has 0 saturated heterocycles. The summed E-state index contributed by atoms with van der Waals surface area (Å²) < 4.78 is 5.39. The van der Waals surface area contributed by atoms with E-state index in [0.717, 1.165) is 22.6 Å². The zero-order chi connectivity index (χ0) is 15.2. The molecule has 110 valence electrons. The quantitative estimate of drug-likeness (QED) is 0.646. The van der Waals surface area contributed by atoms with Gasteiger partial charge in [-0.1, -0.05) is 18.2 Å². The Bertz CT molecular complexity index is 624. The monoisotopic (exact) mass is 286 g/mol. The van der Waals surface area contributed by atoms with E-state index in [1.54, 1.807) is 12.1 Å². The van der Waals surface area contributed by atoms with E-state index >= 15 is 0 Å². The molecular weight excluding hydrogens is 268 g/mol. The molecule has 0 radical (unpaired) electrons. The van der Waals surface area contributed by atoms with Crippen molar-refractivity contribution in [3.63, 3.8) is 0 Å². The third kappa shape index (κ3) is 3.95. The Hall–Kier alpha value is -2.56. The van der Waals surface area contributed by atoms with Gasteiger partial charge in [-0.15, -0.1) is 0 Å². The van der Waals surface area contributed by atoms with Gasteiger partial charge in [-0.25, -0.2) is 0 Å². The van der Waals surface area contributed by atoms with E-state index in [1.165, 1.54) is 6.07 Å². The van der Waals surface area contributed by atoms with Gasteiger partial charge in [0.05, 0.1) is 11.5 Å². The zero-order valence-electron chi connectivity index (χ0n) is 12.1. The van der Waals surface area contributed by atoms with Crippen LogP contribution in [0.2, 0.25) is 0 Å². The Balaban J connectivity index is 2.05. The normalized spacial score (nSPS) is 10.2. The summed E-state index contributed by atoms with van der Waals surface area (Å²) in [5.41, 5.74) is 2.93. The van der Waals surface area contributed by atoms with Crippen molar-refractivity contribution in [3.05, 3.63) is 63.7 Å². The van der Waals surface area contributed by atoms with Gasteiger partial charge in [-0.3, -0.25) is 10.1 Å². The summed E-state index contributed by atoms with van der Waals surface area (Å²) in [6.45, 7) is 5.11. The van der Waals surface area contributed by atoms with Crippen LogP contribution in [0, 0.1) is 17.0 Å². The molecule has 2 rings (SSSR count). The number of nitro groups is 1. The van der Waals surface area contributed by atoms with Gasteiger partial charge in [-0.2, -0.15) is 0 Å². The van der Waals surface area contributed by atoms with Crippen LogP contribution in [0.3, 0.4) is 0 Å². The fraction of sp³-hybridized carbons (Fsp3) is 0.250. The third-order valence-electron chi connectivity index (χ3n) is 3.15. The van der Waals surface area contributed by atoms with E-state index in [9.17, 15) is 10.1 Å². The largest absolute Gasteiger partial charge is 0.494 e. The van der Waals surface area contributed by atoms with Gasteiger partial charge in [0, 0.05) is 24.4 Å². The van der Waals surface area contributed by atoms with Gasteiger partial charge in [0.2, 0.25) is 0 Å². The lowest BCUT2D eigenvalue weighted by Gasteiger charge is -2.10. The van der Waals surface area contributed by atoms with Crippen molar-refractivity contribution in [2.75, 3.05) is 11.9 Å². The summed E-state index contributed by atoms with van der Waals surface area (Å²) in [4.78, 5) is 10.4. The van der Waals surface area contributed by atoms with Crippen molar-refractivity contribution in [1.82, 2.24) is 0 Å². The Kier molecular flexibility index (Phi) is 4.77. The van der Waals surface area contributed by atoms with Crippen molar-refractivity contribution in [1.29, 1.82) is 0 Å². The maximum absolute atomic E-state index is 10.8. The number of anilines is 1. The van der Waals surface area contributed by atoms with Crippen molar-refractivity contribution in [2.24, 2.45) is 0 Å². The lowest BCUT2D eigenvalue weighted by Crippen LogP contribution is -2.02. The van der Waals surface area contributed by atoms with Crippen LogP contribution >= 0.6 is 0 Å². The molecule has 0 heterocycles. The van der Waals surface area contributed by atoms with E-state index in [0.29, 0.717) is 13.2 Å². The van der Waals surface area contributed by atoms with Gasteiger partial charge in [0.25, 0.3) is 5.69 Å². The SMILES string of the molecule is CCOc1ccc(CNc2cc([N+](=O)[O-])ccc2C)cc1. The van der Waals surface area contributed by atoms with Crippen LogP contribution in [0.4, 0.5) is 11.4 Å². The maximum atomic E-state index is 10.8. The van der Waals surface area contributed by atoms with E-state index in [4.69, 9.17) is 4.74 Å². The second kappa shape index (κ2) is 6.74. The molecule has 0 aliphatic rings. The number of nitro benzene ring substituents is 1. The van der Waals surface area contributed by atoms with Gasteiger partial charge in [0.15, 0.2) is 0 Å². The number of rotatable bonds is 6.